The van der Waals surface area contributed by atoms with Crippen molar-refractivity contribution in [1.82, 2.24) is 4.57 Å². The van der Waals surface area contributed by atoms with Crippen LogP contribution in [0.1, 0.15) is 20.8 Å². The highest BCUT2D eigenvalue weighted by Crippen LogP contribution is 2.17. The Morgan fingerprint density at radius 2 is 1.67 bits per heavy atom. The van der Waals surface area contributed by atoms with E-state index in [4.69, 9.17) is 8.85 Å². The highest BCUT2D eigenvalue weighted by molar-refractivity contribution is 6.64. The average Bonchev–Trinajstić information content (AvgIpc) is 2.08. The minimum absolute atomic E-state index is 0.469. The van der Waals surface area contributed by atoms with Crippen LogP contribution in [0.25, 0.3) is 0 Å². The molecule has 4 heteroatoms. The molecule has 0 aromatic heterocycles. The van der Waals surface area contributed by atoms with Gasteiger partial charge >= 0.3 is 8.72 Å². The van der Waals surface area contributed by atoms with Crippen LogP contribution >= 0.6 is 0 Å². The maximum Gasteiger partial charge on any atom is 0.426 e. The Hall–Kier alpha value is 0.0969. The van der Waals surface area contributed by atoms with Crippen molar-refractivity contribution in [3.05, 3.63) is 0 Å². The van der Waals surface area contributed by atoms with Crippen molar-refractivity contribution >= 4 is 8.72 Å². The van der Waals surface area contributed by atoms with E-state index in [2.05, 4.69) is 32.4 Å². The highest BCUT2D eigenvalue weighted by atomic mass is 28.4. The van der Waals surface area contributed by atoms with E-state index in [1.54, 1.807) is 14.2 Å². The Kier molecular flexibility index (Phi) is 5.00. The summed E-state index contributed by atoms with van der Waals surface area (Å²) in [6.07, 6.45) is 0. The van der Waals surface area contributed by atoms with Crippen molar-refractivity contribution in [3.63, 3.8) is 0 Å². The summed E-state index contributed by atoms with van der Waals surface area (Å²) in [6, 6.07) is 1.42. The summed E-state index contributed by atoms with van der Waals surface area (Å²) in [7, 11) is 3.48. The Balaban J connectivity index is 4.46. The lowest BCUT2D eigenvalue weighted by atomic mass is 10.4. The summed E-state index contributed by atoms with van der Waals surface area (Å²) < 4.78 is 13.2. The molecule has 0 heterocycles. The second kappa shape index (κ2) is 4.96. The predicted molar refractivity (Wildman–Crippen MR) is 53.2 cm³/mol. The third-order valence-electron chi connectivity index (χ3n) is 2.40. The van der Waals surface area contributed by atoms with Gasteiger partial charge in [0.15, 0.2) is 0 Å². The SMILES string of the molecule is CC[Si](OC)(OC)N(C)C(C)C. The molecule has 0 aliphatic carbocycles. The molecule has 0 unspecified atom stereocenters. The minimum Gasteiger partial charge on any atom is -0.386 e. The van der Waals surface area contributed by atoms with Gasteiger partial charge in [0.1, 0.15) is 0 Å². The molecule has 0 spiro atoms. The molecular formula is C8H21NO2Si. The van der Waals surface area contributed by atoms with Crippen LogP contribution in [0.2, 0.25) is 6.04 Å². The van der Waals surface area contributed by atoms with Gasteiger partial charge in [0.2, 0.25) is 0 Å². The Morgan fingerprint density at radius 3 is 1.75 bits per heavy atom. The van der Waals surface area contributed by atoms with Crippen LogP contribution in [0, 0.1) is 0 Å². The largest absolute Gasteiger partial charge is 0.426 e. The molecule has 0 saturated carbocycles. The van der Waals surface area contributed by atoms with E-state index in [1.165, 1.54) is 0 Å². The first kappa shape index (κ1) is 12.1. The van der Waals surface area contributed by atoms with Crippen molar-refractivity contribution in [2.75, 3.05) is 21.3 Å². The van der Waals surface area contributed by atoms with Crippen molar-refractivity contribution in [2.24, 2.45) is 0 Å². The average molecular weight is 191 g/mol. The Morgan fingerprint density at radius 1 is 1.25 bits per heavy atom. The fourth-order valence-corrected chi connectivity index (χ4v) is 3.91. The molecule has 0 aliphatic heterocycles. The first-order valence-corrected chi connectivity index (χ1v) is 6.34. The van der Waals surface area contributed by atoms with Crippen molar-refractivity contribution in [1.29, 1.82) is 0 Å². The van der Waals surface area contributed by atoms with E-state index in [9.17, 15) is 0 Å². The third kappa shape index (κ3) is 2.29. The summed E-state index contributed by atoms with van der Waals surface area (Å²) >= 11 is 0. The van der Waals surface area contributed by atoms with Crippen LogP contribution in [0.3, 0.4) is 0 Å². The molecular weight excluding hydrogens is 170 g/mol. The number of hydrogen-bond acceptors (Lipinski definition) is 3. The first-order valence-electron chi connectivity index (χ1n) is 4.37. The smallest absolute Gasteiger partial charge is 0.386 e. The summed E-state index contributed by atoms with van der Waals surface area (Å²) in [4.78, 5) is 0. The molecule has 12 heavy (non-hydrogen) atoms. The van der Waals surface area contributed by atoms with Crippen molar-refractivity contribution in [2.45, 2.75) is 32.9 Å². The molecule has 0 rings (SSSR count). The normalized spacial score (nSPS) is 13.0. The zero-order chi connectivity index (χ0) is 9.78. The monoisotopic (exact) mass is 191 g/mol. The lowest BCUT2D eigenvalue weighted by Gasteiger charge is -2.37. The van der Waals surface area contributed by atoms with Gasteiger partial charge in [-0.15, -0.1) is 0 Å². The van der Waals surface area contributed by atoms with Crippen molar-refractivity contribution < 1.29 is 8.85 Å². The van der Waals surface area contributed by atoms with Gasteiger partial charge in [0.25, 0.3) is 0 Å². The molecule has 3 nitrogen and oxygen atoms in total. The van der Waals surface area contributed by atoms with E-state index in [1.807, 2.05) is 0 Å². The molecule has 0 aromatic rings. The minimum atomic E-state index is -2.05. The zero-order valence-corrected chi connectivity index (χ0v) is 10.0. The molecule has 0 amide bonds. The fraction of sp³-hybridized carbons (Fsp3) is 1.00. The molecule has 0 aliphatic rings. The van der Waals surface area contributed by atoms with Crippen LogP contribution in [0.5, 0.6) is 0 Å². The fourth-order valence-electron chi connectivity index (χ4n) is 1.30. The third-order valence-corrected chi connectivity index (χ3v) is 6.16. The maximum atomic E-state index is 5.50. The van der Waals surface area contributed by atoms with Crippen LogP contribution < -0.4 is 0 Å². The molecule has 74 valence electrons. The van der Waals surface area contributed by atoms with Crippen LogP contribution in [-0.4, -0.2) is 40.6 Å². The topological polar surface area (TPSA) is 21.7 Å². The summed E-state index contributed by atoms with van der Waals surface area (Å²) in [5, 5.41) is 0. The first-order chi connectivity index (χ1) is 5.54. The molecule has 0 aromatic carbocycles. The van der Waals surface area contributed by atoms with Crippen LogP contribution in [-0.2, 0) is 8.85 Å². The lowest BCUT2D eigenvalue weighted by molar-refractivity contribution is 0.162. The molecule has 0 bridgehead atoms. The molecule has 0 saturated heterocycles. The van der Waals surface area contributed by atoms with Gasteiger partial charge < -0.3 is 8.85 Å². The zero-order valence-electron chi connectivity index (χ0n) is 9.05. The summed E-state index contributed by atoms with van der Waals surface area (Å²) in [5.41, 5.74) is 0. The van der Waals surface area contributed by atoms with E-state index >= 15 is 0 Å². The van der Waals surface area contributed by atoms with E-state index in [0.29, 0.717) is 6.04 Å². The van der Waals surface area contributed by atoms with E-state index in [-0.39, 0.29) is 0 Å². The van der Waals surface area contributed by atoms with Gasteiger partial charge in [-0.05, 0) is 7.05 Å². The standard InChI is InChI=1S/C8H21NO2Si/c1-7-12(10-5,11-6)9(4)8(2)3/h8H,7H2,1-6H3. The number of nitrogens with zero attached hydrogens (tertiary/aromatic N) is 1. The van der Waals surface area contributed by atoms with E-state index < -0.39 is 8.72 Å². The van der Waals surface area contributed by atoms with Crippen LogP contribution in [0.15, 0.2) is 0 Å². The molecule has 0 atom stereocenters. The van der Waals surface area contributed by atoms with Gasteiger partial charge in [-0.1, -0.05) is 20.8 Å². The Bertz CT molecular complexity index is 118. The second-order valence-corrected chi connectivity index (χ2v) is 6.83. The molecule has 0 radical (unpaired) electrons. The van der Waals surface area contributed by atoms with Gasteiger partial charge in [0.05, 0.1) is 0 Å². The second-order valence-electron chi connectivity index (χ2n) is 3.18. The summed E-state index contributed by atoms with van der Waals surface area (Å²) in [6.45, 7) is 6.41. The predicted octanol–water partition coefficient (Wildman–Crippen LogP) is 1.58. The summed E-state index contributed by atoms with van der Waals surface area (Å²) in [5.74, 6) is 0. The van der Waals surface area contributed by atoms with Gasteiger partial charge in [0, 0.05) is 26.3 Å². The van der Waals surface area contributed by atoms with Gasteiger partial charge in [-0.25, -0.2) is 0 Å². The number of rotatable bonds is 5. The van der Waals surface area contributed by atoms with Gasteiger partial charge in [-0.2, -0.15) is 0 Å². The quantitative estimate of drug-likeness (QED) is 0.616. The van der Waals surface area contributed by atoms with Crippen molar-refractivity contribution in [3.8, 4) is 0 Å². The molecule has 0 N–H and O–H groups in total. The van der Waals surface area contributed by atoms with Crippen LogP contribution in [0.4, 0.5) is 0 Å². The lowest BCUT2D eigenvalue weighted by Crippen LogP contribution is -2.57. The maximum absolute atomic E-state index is 5.50. The highest BCUT2D eigenvalue weighted by Gasteiger charge is 2.40. The van der Waals surface area contributed by atoms with E-state index in [0.717, 1.165) is 6.04 Å². The molecule has 0 fully saturated rings. The number of hydrogen-bond donors (Lipinski definition) is 0. The Labute approximate surface area is 77.0 Å². The van der Waals surface area contributed by atoms with Gasteiger partial charge in [-0.3, -0.25) is 4.57 Å².